The number of para-hydroxylation sites is 2. The maximum Gasteiger partial charge on any atom is 0.400 e. The highest BCUT2D eigenvalue weighted by Crippen LogP contribution is 2.44. The molecule has 34 heavy (non-hydrogen) atoms. The van der Waals surface area contributed by atoms with Gasteiger partial charge in [-0.25, -0.2) is 4.39 Å². The second-order valence-corrected chi connectivity index (χ2v) is 8.44. The van der Waals surface area contributed by atoms with Crippen LogP contribution in [-0.2, 0) is 11.2 Å². The number of aliphatic carboxylic acids is 1. The first-order chi connectivity index (χ1) is 16.5. The van der Waals surface area contributed by atoms with Crippen LogP contribution in [0.15, 0.2) is 59.0 Å². The SMILES string of the molecule is O=C(O)CC1COc2cc(O[C@@H]3CCc4c(Oc5nc6ccccc6o5)ccc(F)c43)ccc21. The van der Waals surface area contributed by atoms with Crippen molar-refractivity contribution in [3.8, 4) is 23.3 Å². The number of hydrogen-bond acceptors (Lipinski definition) is 6. The molecule has 0 bridgehead atoms. The van der Waals surface area contributed by atoms with Crippen LogP contribution in [-0.4, -0.2) is 22.7 Å². The predicted octanol–water partition coefficient (Wildman–Crippen LogP) is 5.78. The van der Waals surface area contributed by atoms with Crippen molar-refractivity contribution in [2.45, 2.75) is 31.3 Å². The van der Waals surface area contributed by atoms with E-state index >= 15 is 0 Å². The number of carbonyl (C=O) groups is 1. The number of hydrogen-bond donors (Lipinski definition) is 1. The van der Waals surface area contributed by atoms with E-state index in [1.165, 1.54) is 6.07 Å². The molecule has 2 aliphatic rings. The number of fused-ring (bicyclic) bond motifs is 3. The fourth-order valence-electron chi connectivity index (χ4n) is 4.72. The third-order valence-electron chi connectivity index (χ3n) is 6.28. The molecular formula is C26H20FNO6. The number of halogens is 1. The predicted molar refractivity (Wildman–Crippen MR) is 119 cm³/mol. The van der Waals surface area contributed by atoms with Gasteiger partial charge in [0.15, 0.2) is 5.58 Å². The summed E-state index contributed by atoms with van der Waals surface area (Å²) < 4.78 is 38.2. The van der Waals surface area contributed by atoms with E-state index in [1.54, 1.807) is 24.3 Å². The lowest BCUT2D eigenvalue weighted by Crippen LogP contribution is -2.07. The molecule has 7 nitrogen and oxygen atoms in total. The summed E-state index contributed by atoms with van der Waals surface area (Å²) in [5.41, 5.74) is 3.33. The molecule has 2 atom stereocenters. The number of aromatic nitrogens is 1. The van der Waals surface area contributed by atoms with Gasteiger partial charge in [-0.2, -0.15) is 4.98 Å². The number of carboxylic acids is 1. The Hall–Kier alpha value is -4.07. The third kappa shape index (κ3) is 3.61. The van der Waals surface area contributed by atoms with Crippen molar-refractivity contribution in [3.63, 3.8) is 0 Å². The molecule has 172 valence electrons. The van der Waals surface area contributed by atoms with Crippen LogP contribution >= 0.6 is 0 Å². The highest BCUT2D eigenvalue weighted by molar-refractivity contribution is 5.72. The Morgan fingerprint density at radius 3 is 2.91 bits per heavy atom. The standard InChI is InChI=1S/C26H20FNO6/c27-18-8-10-20(33-26-28-19-3-1-2-4-21(19)34-26)17-7-9-22(25(17)18)32-15-5-6-16-14(11-24(29)30)13-31-23(16)12-15/h1-6,8,10,12,14,22H,7,9,11,13H2,(H,29,30)/t14?,22-/m1/s1. The molecule has 1 unspecified atom stereocenters. The van der Waals surface area contributed by atoms with Crippen LogP contribution in [0, 0.1) is 5.82 Å². The number of ether oxygens (including phenoxy) is 3. The van der Waals surface area contributed by atoms with Crippen molar-refractivity contribution >= 4 is 17.1 Å². The minimum Gasteiger partial charge on any atom is -0.492 e. The van der Waals surface area contributed by atoms with Crippen LogP contribution in [0.2, 0.25) is 0 Å². The third-order valence-corrected chi connectivity index (χ3v) is 6.28. The first-order valence-corrected chi connectivity index (χ1v) is 11.0. The first-order valence-electron chi connectivity index (χ1n) is 11.0. The first kappa shape index (κ1) is 20.5. The quantitative estimate of drug-likeness (QED) is 0.389. The molecule has 0 amide bonds. The van der Waals surface area contributed by atoms with Gasteiger partial charge in [0.2, 0.25) is 0 Å². The minimum absolute atomic E-state index is 0.0112. The van der Waals surface area contributed by atoms with Crippen LogP contribution in [0.3, 0.4) is 0 Å². The van der Waals surface area contributed by atoms with Crippen molar-refractivity contribution < 1.29 is 32.9 Å². The molecule has 3 aromatic carbocycles. The summed E-state index contributed by atoms with van der Waals surface area (Å²) in [5.74, 6) is 0.227. The maximum absolute atomic E-state index is 14.9. The fraction of sp³-hybridized carbons (Fsp3) is 0.231. The molecule has 1 aliphatic carbocycles. The van der Waals surface area contributed by atoms with Gasteiger partial charge in [0.05, 0.1) is 13.0 Å². The van der Waals surface area contributed by atoms with Gasteiger partial charge in [0.25, 0.3) is 0 Å². The largest absolute Gasteiger partial charge is 0.492 e. The van der Waals surface area contributed by atoms with Gasteiger partial charge in [-0.15, -0.1) is 0 Å². The Labute approximate surface area is 193 Å². The van der Waals surface area contributed by atoms with Gasteiger partial charge in [0.1, 0.15) is 34.7 Å². The number of oxazole rings is 1. The highest BCUT2D eigenvalue weighted by atomic mass is 19.1. The summed E-state index contributed by atoms with van der Waals surface area (Å²) in [4.78, 5) is 15.4. The summed E-state index contributed by atoms with van der Waals surface area (Å²) in [6.45, 7) is 0.322. The summed E-state index contributed by atoms with van der Waals surface area (Å²) in [6.07, 6.45) is 0.787. The molecule has 6 rings (SSSR count). The molecule has 0 fully saturated rings. The van der Waals surface area contributed by atoms with E-state index < -0.39 is 12.1 Å². The molecule has 1 N–H and O–H groups in total. The Morgan fingerprint density at radius 1 is 1.18 bits per heavy atom. The summed E-state index contributed by atoms with van der Waals surface area (Å²) in [5, 5.41) is 9.08. The summed E-state index contributed by atoms with van der Waals surface area (Å²) >= 11 is 0. The average Bonchev–Trinajstić information content (AvgIpc) is 3.53. The Kier molecular flexibility index (Phi) is 4.86. The van der Waals surface area contributed by atoms with Gasteiger partial charge in [0, 0.05) is 28.7 Å². The van der Waals surface area contributed by atoms with E-state index in [4.69, 9.17) is 23.7 Å². The van der Waals surface area contributed by atoms with E-state index in [0.29, 0.717) is 53.4 Å². The van der Waals surface area contributed by atoms with Gasteiger partial charge >= 0.3 is 12.0 Å². The normalized spacial score (nSPS) is 18.4. The van der Waals surface area contributed by atoms with Crippen LogP contribution in [0.4, 0.5) is 4.39 Å². The Balaban J connectivity index is 1.24. The molecular weight excluding hydrogens is 441 g/mol. The molecule has 2 heterocycles. The highest BCUT2D eigenvalue weighted by Gasteiger charge is 2.32. The fourth-order valence-corrected chi connectivity index (χ4v) is 4.72. The van der Waals surface area contributed by atoms with Crippen molar-refractivity contribution in [2.24, 2.45) is 0 Å². The summed E-state index contributed by atoms with van der Waals surface area (Å²) in [7, 11) is 0. The monoisotopic (exact) mass is 461 g/mol. The topological polar surface area (TPSA) is 91.0 Å². The molecule has 0 saturated heterocycles. The van der Waals surface area contributed by atoms with Crippen LogP contribution in [0.1, 0.15) is 41.6 Å². The van der Waals surface area contributed by atoms with Crippen LogP contribution < -0.4 is 14.2 Å². The number of rotatable bonds is 6. The molecule has 1 aromatic heterocycles. The Morgan fingerprint density at radius 2 is 2.06 bits per heavy atom. The molecule has 4 aromatic rings. The number of benzene rings is 3. The van der Waals surface area contributed by atoms with Crippen molar-refractivity contribution in [2.75, 3.05) is 6.61 Å². The lowest BCUT2D eigenvalue weighted by Gasteiger charge is -2.17. The van der Waals surface area contributed by atoms with Crippen molar-refractivity contribution in [1.29, 1.82) is 0 Å². The maximum atomic E-state index is 14.9. The van der Waals surface area contributed by atoms with Gasteiger partial charge in [-0.3, -0.25) is 4.79 Å². The molecule has 0 saturated carbocycles. The van der Waals surface area contributed by atoms with Crippen molar-refractivity contribution in [3.05, 3.63) is 77.1 Å². The van der Waals surface area contributed by atoms with E-state index in [-0.39, 0.29) is 24.2 Å². The summed E-state index contributed by atoms with van der Waals surface area (Å²) in [6, 6.07) is 15.6. The van der Waals surface area contributed by atoms with Crippen LogP contribution in [0.25, 0.3) is 11.1 Å². The van der Waals surface area contributed by atoms with Crippen LogP contribution in [0.5, 0.6) is 23.3 Å². The van der Waals surface area contributed by atoms with E-state index in [0.717, 1.165) is 11.1 Å². The second kappa shape index (κ2) is 8.06. The van der Waals surface area contributed by atoms with Crippen molar-refractivity contribution in [1.82, 2.24) is 4.98 Å². The Bertz CT molecular complexity index is 1380. The zero-order chi connectivity index (χ0) is 23.2. The van der Waals surface area contributed by atoms with E-state index in [9.17, 15) is 9.18 Å². The molecule has 1 aliphatic heterocycles. The molecule has 8 heteroatoms. The average molecular weight is 461 g/mol. The zero-order valence-corrected chi connectivity index (χ0v) is 18.0. The zero-order valence-electron chi connectivity index (χ0n) is 18.0. The number of nitrogens with zero attached hydrogens (tertiary/aromatic N) is 1. The van der Waals surface area contributed by atoms with Gasteiger partial charge in [-0.05, 0) is 43.2 Å². The number of carboxylic acid groups (broad SMARTS) is 1. The van der Waals surface area contributed by atoms with E-state index in [1.807, 2.05) is 24.3 Å². The second-order valence-electron chi connectivity index (χ2n) is 8.44. The van der Waals surface area contributed by atoms with Gasteiger partial charge < -0.3 is 23.7 Å². The van der Waals surface area contributed by atoms with E-state index in [2.05, 4.69) is 4.98 Å². The molecule has 0 spiro atoms. The van der Waals surface area contributed by atoms with Gasteiger partial charge in [-0.1, -0.05) is 18.2 Å². The minimum atomic E-state index is -0.865. The molecule has 0 radical (unpaired) electrons. The lowest BCUT2D eigenvalue weighted by molar-refractivity contribution is -0.137. The lowest BCUT2D eigenvalue weighted by atomic mass is 9.98. The smallest absolute Gasteiger partial charge is 0.400 e.